The molecule has 0 unspecified atom stereocenters. The summed E-state index contributed by atoms with van der Waals surface area (Å²) in [6.07, 6.45) is 1.05. The van der Waals surface area contributed by atoms with E-state index < -0.39 is 0 Å². The summed E-state index contributed by atoms with van der Waals surface area (Å²) in [7, 11) is 2.08. The fraction of sp³-hybridized carbons (Fsp3) is 0.733. The molecule has 0 aliphatic heterocycles. The number of nitrogens with zero attached hydrogens (tertiary/aromatic N) is 3. The molecule has 5 heteroatoms. The van der Waals surface area contributed by atoms with E-state index in [4.69, 9.17) is 4.74 Å². The van der Waals surface area contributed by atoms with Crippen molar-refractivity contribution in [3.05, 3.63) is 11.9 Å². The molecule has 0 radical (unpaired) electrons. The minimum Gasteiger partial charge on any atom is -0.374 e. The van der Waals surface area contributed by atoms with Gasteiger partial charge in [-0.05, 0) is 34.1 Å². The number of ether oxygens (including phenoxy) is 1. The van der Waals surface area contributed by atoms with Crippen LogP contribution in [0.2, 0.25) is 0 Å². The lowest BCUT2D eigenvalue weighted by atomic mass is 10.00. The summed E-state index contributed by atoms with van der Waals surface area (Å²) in [6.45, 7) is 12.6. The molecule has 0 bridgehead atoms. The van der Waals surface area contributed by atoms with Crippen molar-refractivity contribution in [3.63, 3.8) is 0 Å². The first-order valence-electron chi connectivity index (χ1n) is 7.38. The SMILES string of the molecule is CCNc1cc(N(C)C(C)(C)CC)nc(COCC)n1. The van der Waals surface area contributed by atoms with Crippen LogP contribution < -0.4 is 10.2 Å². The van der Waals surface area contributed by atoms with E-state index in [2.05, 4.69) is 54.9 Å². The molecule has 0 spiro atoms. The fourth-order valence-corrected chi connectivity index (χ4v) is 1.73. The third-order valence-corrected chi connectivity index (χ3v) is 3.67. The summed E-state index contributed by atoms with van der Waals surface area (Å²) in [6, 6.07) is 2.00. The number of aromatic nitrogens is 2. The van der Waals surface area contributed by atoms with Crippen LogP contribution in [0.3, 0.4) is 0 Å². The molecule has 5 nitrogen and oxygen atoms in total. The maximum atomic E-state index is 5.43. The molecule has 0 fully saturated rings. The average Bonchev–Trinajstić information content (AvgIpc) is 2.44. The predicted molar refractivity (Wildman–Crippen MR) is 84.3 cm³/mol. The molecule has 1 N–H and O–H groups in total. The van der Waals surface area contributed by atoms with Crippen LogP contribution in [0.15, 0.2) is 6.07 Å². The van der Waals surface area contributed by atoms with Crippen LogP contribution in [0.5, 0.6) is 0 Å². The number of anilines is 2. The van der Waals surface area contributed by atoms with Crippen molar-refractivity contribution in [1.29, 1.82) is 0 Å². The average molecular weight is 280 g/mol. The first-order chi connectivity index (χ1) is 9.44. The van der Waals surface area contributed by atoms with Gasteiger partial charge >= 0.3 is 0 Å². The van der Waals surface area contributed by atoms with Gasteiger partial charge in [-0.2, -0.15) is 0 Å². The Morgan fingerprint density at radius 2 is 1.95 bits per heavy atom. The standard InChI is InChI=1S/C15H28N4O/c1-7-15(4,5)19(6)14-10-12(16-8-2)17-13(18-14)11-20-9-3/h10H,7-9,11H2,1-6H3,(H,16,17,18). The van der Waals surface area contributed by atoms with Crippen LogP contribution in [-0.2, 0) is 11.3 Å². The van der Waals surface area contributed by atoms with Crippen molar-refractivity contribution in [1.82, 2.24) is 9.97 Å². The second-order valence-corrected chi connectivity index (χ2v) is 5.42. The summed E-state index contributed by atoms with van der Waals surface area (Å²) in [4.78, 5) is 11.3. The maximum absolute atomic E-state index is 5.43. The van der Waals surface area contributed by atoms with Gasteiger partial charge in [-0.15, -0.1) is 0 Å². The van der Waals surface area contributed by atoms with E-state index in [1.807, 2.05) is 13.0 Å². The molecule has 1 aromatic heterocycles. The Hall–Kier alpha value is -1.36. The number of hydrogen-bond acceptors (Lipinski definition) is 5. The molecule has 0 aromatic carbocycles. The van der Waals surface area contributed by atoms with Crippen LogP contribution in [0.25, 0.3) is 0 Å². The molecular weight excluding hydrogens is 252 g/mol. The maximum Gasteiger partial charge on any atom is 0.158 e. The van der Waals surface area contributed by atoms with E-state index in [0.29, 0.717) is 13.2 Å². The molecular formula is C15H28N4O. The molecule has 1 aromatic rings. The van der Waals surface area contributed by atoms with Gasteiger partial charge < -0.3 is 15.0 Å². The molecule has 0 aliphatic rings. The summed E-state index contributed by atoms with van der Waals surface area (Å²) in [5.41, 5.74) is 0.0563. The van der Waals surface area contributed by atoms with E-state index in [-0.39, 0.29) is 5.54 Å². The predicted octanol–water partition coefficient (Wildman–Crippen LogP) is 3.07. The zero-order valence-electron chi connectivity index (χ0n) is 13.7. The molecule has 0 atom stereocenters. The van der Waals surface area contributed by atoms with Gasteiger partial charge in [0, 0.05) is 31.8 Å². The lowest BCUT2D eigenvalue weighted by molar-refractivity contribution is 0.128. The molecule has 0 saturated carbocycles. The minimum atomic E-state index is 0.0563. The zero-order valence-corrected chi connectivity index (χ0v) is 13.7. The largest absolute Gasteiger partial charge is 0.374 e. The van der Waals surface area contributed by atoms with Gasteiger partial charge in [0.15, 0.2) is 5.82 Å². The van der Waals surface area contributed by atoms with E-state index in [1.165, 1.54) is 0 Å². The lowest BCUT2D eigenvalue weighted by Gasteiger charge is -2.36. The van der Waals surface area contributed by atoms with Crippen molar-refractivity contribution in [2.45, 2.75) is 53.2 Å². The van der Waals surface area contributed by atoms with Crippen LogP contribution >= 0.6 is 0 Å². The van der Waals surface area contributed by atoms with Crippen molar-refractivity contribution in [2.75, 3.05) is 30.4 Å². The number of nitrogens with one attached hydrogen (secondary N) is 1. The van der Waals surface area contributed by atoms with E-state index >= 15 is 0 Å². The minimum absolute atomic E-state index is 0.0563. The van der Waals surface area contributed by atoms with Gasteiger partial charge in [-0.3, -0.25) is 0 Å². The molecule has 0 amide bonds. The van der Waals surface area contributed by atoms with Gasteiger partial charge in [0.05, 0.1) is 0 Å². The Morgan fingerprint density at radius 3 is 2.50 bits per heavy atom. The molecule has 1 rings (SSSR count). The topological polar surface area (TPSA) is 50.3 Å². The summed E-state index contributed by atoms with van der Waals surface area (Å²) in [5, 5.41) is 3.26. The second-order valence-electron chi connectivity index (χ2n) is 5.42. The van der Waals surface area contributed by atoms with Gasteiger partial charge in [0.25, 0.3) is 0 Å². The highest BCUT2D eigenvalue weighted by Crippen LogP contribution is 2.25. The lowest BCUT2D eigenvalue weighted by Crippen LogP contribution is -2.41. The van der Waals surface area contributed by atoms with Crippen molar-refractivity contribution >= 4 is 11.6 Å². The molecule has 0 aliphatic carbocycles. The third-order valence-electron chi connectivity index (χ3n) is 3.67. The molecule has 20 heavy (non-hydrogen) atoms. The Bertz CT molecular complexity index is 420. The number of rotatable bonds is 8. The van der Waals surface area contributed by atoms with Gasteiger partial charge in [0.1, 0.15) is 18.2 Å². The normalized spacial score (nSPS) is 11.5. The summed E-state index contributed by atoms with van der Waals surface area (Å²) in [5.74, 6) is 2.50. The second kappa shape index (κ2) is 7.43. The van der Waals surface area contributed by atoms with E-state index in [1.54, 1.807) is 0 Å². The Kier molecular flexibility index (Phi) is 6.20. The first-order valence-corrected chi connectivity index (χ1v) is 7.38. The monoisotopic (exact) mass is 280 g/mol. The summed E-state index contributed by atoms with van der Waals surface area (Å²) < 4.78 is 5.43. The zero-order chi connectivity index (χ0) is 15.2. The van der Waals surface area contributed by atoms with E-state index in [0.717, 1.165) is 30.4 Å². The highest BCUT2D eigenvalue weighted by Gasteiger charge is 2.23. The van der Waals surface area contributed by atoms with Gasteiger partial charge in [0.2, 0.25) is 0 Å². The Morgan fingerprint density at radius 1 is 1.25 bits per heavy atom. The van der Waals surface area contributed by atoms with E-state index in [9.17, 15) is 0 Å². The quantitative estimate of drug-likeness (QED) is 0.793. The fourth-order valence-electron chi connectivity index (χ4n) is 1.73. The van der Waals surface area contributed by atoms with Crippen molar-refractivity contribution in [3.8, 4) is 0 Å². The highest BCUT2D eigenvalue weighted by atomic mass is 16.5. The van der Waals surface area contributed by atoms with Crippen LogP contribution in [0.4, 0.5) is 11.6 Å². The van der Waals surface area contributed by atoms with Gasteiger partial charge in [-0.25, -0.2) is 9.97 Å². The highest BCUT2D eigenvalue weighted by molar-refractivity contribution is 5.50. The molecule has 0 saturated heterocycles. The Labute approximate surface area is 122 Å². The summed E-state index contributed by atoms with van der Waals surface area (Å²) >= 11 is 0. The first kappa shape index (κ1) is 16.7. The van der Waals surface area contributed by atoms with Gasteiger partial charge in [-0.1, -0.05) is 6.92 Å². The van der Waals surface area contributed by atoms with Crippen LogP contribution in [-0.4, -0.2) is 35.7 Å². The van der Waals surface area contributed by atoms with Crippen molar-refractivity contribution in [2.24, 2.45) is 0 Å². The van der Waals surface area contributed by atoms with Crippen LogP contribution in [0.1, 0.15) is 46.9 Å². The van der Waals surface area contributed by atoms with Crippen LogP contribution in [0, 0.1) is 0 Å². The molecule has 114 valence electrons. The Balaban J connectivity index is 3.07. The smallest absolute Gasteiger partial charge is 0.158 e. The van der Waals surface area contributed by atoms with Crippen molar-refractivity contribution < 1.29 is 4.74 Å². The molecule has 1 heterocycles. The number of hydrogen-bond donors (Lipinski definition) is 1. The third kappa shape index (κ3) is 4.34.